The lowest BCUT2D eigenvalue weighted by Crippen LogP contribution is -2.40. The van der Waals surface area contributed by atoms with Crippen molar-refractivity contribution >= 4 is 17.0 Å². The molecule has 0 spiro atoms. The number of aliphatic hydroxyl groups excluding tert-OH is 4. The highest BCUT2D eigenvalue weighted by atomic mass is 16.6. The molecule has 0 saturated carbocycles. The number of nitrogens with zero attached hydrogens (tertiary/aromatic N) is 4. The second-order valence-electron chi connectivity index (χ2n) is 4.81. The van der Waals surface area contributed by atoms with Gasteiger partial charge in [0.1, 0.15) is 36.3 Å². The largest absolute Gasteiger partial charge is 0.394 e. The minimum atomic E-state index is -1.35. The fourth-order valence-electron chi connectivity index (χ4n) is 2.39. The summed E-state index contributed by atoms with van der Waals surface area (Å²) < 4.78 is 6.84. The lowest BCUT2D eigenvalue weighted by Gasteiger charge is -2.18. The Morgan fingerprint density at radius 3 is 2.76 bits per heavy atom. The molecule has 1 fully saturated rings. The van der Waals surface area contributed by atoms with Crippen molar-refractivity contribution in [2.75, 3.05) is 12.3 Å². The van der Waals surface area contributed by atoms with Gasteiger partial charge in [-0.1, -0.05) is 0 Å². The normalized spacial score (nSPS) is 30.9. The fraction of sp³-hybridized carbons (Fsp3) is 0.545. The zero-order valence-corrected chi connectivity index (χ0v) is 10.8. The number of aliphatic hydroxyl groups is 4. The van der Waals surface area contributed by atoms with E-state index in [4.69, 9.17) is 15.6 Å². The predicted octanol–water partition coefficient (Wildman–Crippen LogP) is -2.62. The Kier molecular flexibility index (Phi) is 3.47. The molecule has 10 heteroatoms. The van der Waals surface area contributed by atoms with Gasteiger partial charge >= 0.3 is 0 Å². The number of hydrogen-bond acceptors (Lipinski definition) is 9. The summed E-state index contributed by atoms with van der Waals surface area (Å²) in [4.78, 5) is 11.9. The van der Waals surface area contributed by atoms with Crippen molar-refractivity contribution in [2.24, 2.45) is 0 Å². The van der Waals surface area contributed by atoms with Crippen LogP contribution in [0.5, 0.6) is 0 Å². The Morgan fingerprint density at radius 2 is 2.05 bits per heavy atom. The standard InChI is InChI=1S/C11H15N5O5/c12-9-5-10(14-2-13-9)16(3-15-5)11-7(20)6(19)8(21-11)4(18)1-17/h2-4,6-8,11,17-20H,1H2,(H2,12,13,14)/t4-,6+,7-,8+,11+/m1/s1. The minimum Gasteiger partial charge on any atom is -0.394 e. The molecule has 0 radical (unpaired) electrons. The van der Waals surface area contributed by atoms with Crippen molar-refractivity contribution in [1.82, 2.24) is 19.5 Å². The van der Waals surface area contributed by atoms with Gasteiger partial charge in [-0.2, -0.15) is 0 Å². The summed E-state index contributed by atoms with van der Waals surface area (Å²) in [5, 5.41) is 38.5. The van der Waals surface area contributed by atoms with Crippen LogP contribution in [-0.4, -0.2) is 71.0 Å². The zero-order valence-electron chi connectivity index (χ0n) is 10.8. The third kappa shape index (κ3) is 2.13. The molecule has 5 atom stereocenters. The van der Waals surface area contributed by atoms with Crippen LogP contribution in [0.4, 0.5) is 5.82 Å². The highest BCUT2D eigenvalue weighted by Crippen LogP contribution is 2.33. The van der Waals surface area contributed by atoms with Gasteiger partial charge in [-0.3, -0.25) is 4.57 Å². The molecule has 10 nitrogen and oxygen atoms in total. The number of ether oxygens (including phenoxy) is 1. The van der Waals surface area contributed by atoms with Crippen molar-refractivity contribution in [3.63, 3.8) is 0 Å². The van der Waals surface area contributed by atoms with Gasteiger partial charge in [0.15, 0.2) is 17.7 Å². The molecule has 0 amide bonds. The lowest BCUT2D eigenvalue weighted by atomic mass is 10.1. The average molecular weight is 297 g/mol. The number of nitrogens with two attached hydrogens (primary N) is 1. The molecule has 1 aliphatic heterocycles. The molecule has 2 aromatic rings. The van der Waals surface area contributed by atoms with E-state index < -0.39 is 37.3 Å². The predicted molar refractivity (Wildman–Crippen MR) is 68.8 cm³/mol. The molecule has 3 heterocycles. The minimum absolute atomic E-state index is 0.179. The molecular formula is C11H15N5O5. The van der Waals surface area contributed by atoms with Crippen LogP contribution in [-0.2, 0) is 4.74 Å². The van der Waals surface area contributed by atoms with Crippen LogP contribution in [0.15, 0.2) is 12.7 Å². The molecular weight excluding hydrogens is 282 g/mol. The van der Waals surface area contributed by atoms with Gasteiger partial charge in [-0.25, -0.2) is 15.0 Å². The van der Waals surface area contributed by atoms with Gasteiger partial charge < -0.3 is 30.9 Å². The SMILES string of the molecule is Nc1ncnc2c1ncn2[C@H]1O[C@@H]([C@H](O)CO)[C@@H](O)[C@H]1O. The molecule has 1 saturated heterocycles. The molecule has 0 aromatic carbocycles. The van der Waals surface area contributed by atoms with Crippen molar-refractivity contribution in [1.29, 1.82) is 0 Å². The first kappa shape index (κ1) is 14.1. The van der Waals surface area contributed by atoms with Gasteiger partial charge in [-0.05, 0) is 0 Å². The highest BCUT2D eigenvalue weighted by Gasteiger charge is 2.47. The van der Waals surface area contributed by atoms with Crippen LogP contribution in [0.2, 0.25) is 0 Å². The molecule has 0 bridgehead atoms. The Labute approximate surface area is 118 Å². The fourth-order valence-corrected chi connectivity index (χ4v) is 2.39. The van der Waals surface area contributed by atoms with Crippen molar-refractivity contribution in [3.05, 3.63) is 12.7 Å². The van der Waals surface area contributed by atoms with Gasteiger partial charge in [0.25, 0.3) is 0 Å². The first-order valence-electron chi connectivity index (χ1n) is 6.28. The third-order valence-corrected chi connectivity index (χ3v) is 3.50. The van der Waals surface area contributed by atoms with Crippen LogP contribution >= 0.6 is 0 Å². The molecule has 114 valence electrons. The van der Waals surface area contributed by atoms with Crippen molar-refractivity contribution in [3.8, 4) is 0 Å². The summed E-state index contributed by atoms with van der Waals surface area (Å²) >= 11 is 0. The van der Waals surface area contributed by atoms with Crippen molar-refractivity contribution < 1.29 is 25.2 Å². The van der Waals surface area contributed by atoms with Crippen LogP contribution < -0.4 is 5.73 Å². The van der Waals surface area contributed by atoms with E-state index in [2.05, 4.69) is 15.0 Å². The van der Waals surface area contributed by atoms with Crippen LogP contribution in [0.25, 0.3) is 11.2 Å². The van der Waals surface area contributed by atoms with E-state index in [1.165, 1.54) is 17.2 Å². The molecule has 2 aromatic heterocycles. The number of nitrogen functional groups attached to an aromatic ring is 1. The number of anilines is 1. The Balaban J connectivity index is 1.98. The number of fused-ring (bicyclic) bond motifs is 1. The first-order chi connectivity index (χ1) is 10.0. The number of hydrogen-bond donors (Lipinski definition) is 5. The second kappa shape index (κ2) is 5.16. The number of imidazole rings is 1. The molecule has 6 N–H and O–H groups in total. The third-order valence-electron chi connectivity index (χ3n) is 3.50. The lowest BCUT2D eigenvalue weighted by molar-refractivity contribution is -0.0962. The first-order valence-corrected chi connectivity index (χ1v) is 6.28. The molecule has 0 unspecified atom stereocenters. The van der Waals surface area contributed by atoms with Gasteiger partial charge in [0, 0.05) is 0 Å². The van der Waals surface area contributed by atoms with E-state index in [1.54, 1.807) is 0 Å². The monoisotopic (exact) mass is 297 g/mol. The summed E-state index contributed by atoms with van der Waals surface area (Å²) in [6.45, 7) is -0.596. The molecule has 1 aliphatic rings. The summed E-state index contributed by atoms with van der Waals surface area (Å²) in [5.41, 5.74) is 6.35. The van der Waals surface area contributed by atoms with E-state index in [0.717, 1.165) is 0 Å². The summed E-state index contributed by atoms with van der Waals surface area (Å²) in [5.74, 6) is 0.179. The Bertz CT molecular complexity index is 649. The van der Waals surface area contributed by atoms with Gasteiger partial charge in [0.05, 0.1) is 12.9 Å². The average Bonchev–Trinajstić information content (AvgIpc) is 3.02. The second-order valence-corrected chi connectivity index (χ2v) is 4.81. The quantitative estimate of drug-likeness (QED) is 0.408. The van der Waals surface area contributed by atoms with Crippen LogP contribution in [0.1, 0.15) is 6.23 Å². The maximum Gasteiger partial charge on any atom is 0.167 e. The Morgan fingerprint density at radius 1 is 1.29 bits per heavy atom. The number of rotatable bonds is 3. The van der Waals surface area contributed by atoms with E-state index in [9.17, 15) is 15.3 Å². The Hall–Kier alpha value is -1.85. The van der Waals surface area contributed by atoms with Crippen LogP contribution in [0, 0.1) is 0 Å². The van der Waals surface area contributed by atoms with E-state index >= 15 is 0 Å². The summed E-state index contributed by atoms with van der Waals surface area (Å²) in [7, 11) is 0. The zero-order chi connectivity index (χ0) is 15.1. The van der Waals surface area contributed by atoms with Crippen LogP contribution in [0.3, 0.4) is 0 Å². The van der Waals surface area contributed by atoms with E-state index in [-0.39, 0.29) is 5.82 Å². The van der Waals surface area contributed by atoms with E-state index in [1.807, 2.05) is 0 Å². The highest BCUT2D eigenvalue weighted by molar-refractivity contribution is 5.81. The number of aromatic nitrogens is 4. The molecule has 21 heavy (non-hydrogen) atoms. The maximum atomic E-state index is 10.1. The molecule has 3 rings (SSSR count). The topological polar surface area (TPSA) is 160 Å². The van der Waals surface area contributed by atoms with Gasteiger partial charge in [0.2, 0.25) is 0 Å². The molecule has 0 aliphatic carbocycles. The van der Waals surface area contributed by atoms with E-state index in [0.29, 0.717) is 11.2 Å². The van der Waals surface area contributed by atoms with Gasteiger partial charge in [-0.15, -0.1) is 0 Å². The summed E-state index contributed by atoms with van der Waals surface area (Å²) in [6, 6.07) is 0. The maximum absolute atomic E-state index is 10.1. The smallest absolute Gasteiger partial charge is 0.167 e. The summed E-state index contributed by atoms with van der Waals surface area (Å²) in [6.07, 6.45) is -3.51. The van der Waals surface area contributed by atoms with Crippen molar-refractivity contribution in [2.45, 2.75) is 30.6 Å².